The molecule has 1 N–H and O–H groups in total. The highest BCUT2D eigenvalue weighted by atomic mass is 19.3. The van der Waals surface area contributed by atoms with E-state index in [1.807, 2.05) is 26.0 Å². The fourth-order valence-corrected chi connectivity index (χ4v) is 2.85. The first-order chi connectivity index (χ1) is 11.4. The second-order valence-corrected chi connectivity index (χ2v) is 5.92. The second-order valence-electron chi connectivity index (χ2n) is 5.92. The zero-order chi connectivity index (χ0) is 17.4. The van der Waals surface area contributed by atoms with Crippen molar-refractivity contribution in [3.8, 4) is 0 Å². The van der Waals surface area contributed by atoms with E-state index in [-0.39, 0.29) is 18.3 Å². The summed E-state index contributed by atoms with van der Waals surface area (Å²) in [6, 6.07) is 5.82. The molecule has 0 aliphatic carbocycles. The predicted octanol–water partition coefficient (Wildman–Crippen LogP) is 3.65. The number of hydrogen-bond acceptors (Lipinski definition) is 2. The van der Waals surface area contributed by atoms with Crippen LogP contribution in [-0.2, 0) is 6.54 Å². The number of carbonyl (C=O) groups excluding carboxylic acids is 1. The van der Waals surface area contributed by atoms with Gasteiger partial charge in [-0.25, -0.2) is 4.98 Å². The molecule has 1 amide bonds. The van der Waals surface area contributed by atoms with E-state index in [1.165, 1.54) is 17.3 Å². The van der Waals surface area contributed by atoms with Gasteiger partial charge < -0.3 is 9.88 Å². The number of H-pyrrole nitrogens is 1. The maximum Gasteiger partial charge on any atom is 0.319 e. The largest absolute Gasteiger partial charge is 0.351 e. The highest BCUT2D eigenvalue weighted by Crippen LogP contribution is 2.22. The van der Waals surface area contributed by atoms with Gasteiger partial charge in [-0.1, -0.05) is 6.07 Å². The molecule has 126 valence electrons. The van der Waals surface area contributed by atoms with Gasteiger partial charge in [0.05, 0.1) is 6.54 Å². The molecule has 24 heavy (non-hydrogen) atoms. The van der Waals surface area contributed by atoms with Crippen molar-refractivity contribution in [3.63, 3.8) is 0 Å². The molecule has 0 atom stereocenters. The van der Waals surface area contributed by atoms with Crippen LogP contribution >= 0.6 is 0 Å². The summed E-state index contributed by atoms with van der Waals surface area (Å²) in [6.45, 7) is 1.31. The minimum Gasteiger partial charge on any atom is -0.351 e. The van der Waals surface area contributed by atoms with Crippen LogP contribution in [0.15, 0.2) is 30.6 Å². The van der Waals surface area contributed by atoms with E-state index < -0.39 is 6.55 Å². The number of hydrogen-bond donors (Lipinski definition) is 1. The Hall–Kier alpha value is -2.70. The molecule has 7 heteroatoms. The van der Waals surface area contributed by atoms with Crippen LogP contribution in [0, 0.1) is 13.8 Å². The summed E-state index contributed by atoms with van der Waals surface area (Å²) in [5.41, 5.74) is 3.50. The van der Waals surface area contributed by atoms with Crippen LogP contribution in [-0.4, -0.2) is 32.4 Å². The number of halogens is 2. The van der Waals surface area contributed by atoms with E-state index >= 15 is 0 Å². The Labute approximate surface area is 137 Å². The van der Waals surface area contributed by atoms with Crippen molar-refractivity contribution in [2.24, 2.45) is 0 Å². The molecule has 0 saturated carbocycles. The molecule has 3 aromatic rings. The van der Waals surface area contributed by atoms with E-state index in [0.717, 1.165) is 26.6 Å². The molecule has 0 unspecified atom stereocenters. The molecule has 2 heterocycles. The number of aromatic nitrogens is 3. The summed E-state index contributed by atoms with van der Waals surface area (Å²) in [5.74, 6) is -0.129. The first-order valence-corrected chi connectivity index (χ1v) is 7.52. The number of amides is 1. The van der Waals surface area contributed by atoms with E-state index in [1.54, 1.807) is 13.1 Å². The minimum absolute atomic E-state index is 0.00352. The van der Waals surface area contributed by atoms with Crippen LogP contribution in [0.2, 0.25) is 0 Å². The molecule has 0 aliphatic heterocycles. The maximum atomic E-state index is 12.9. The van der Waals surface area contributed by atoms with E-state index in [9.17, 15) is 13.6 Å². The summed E-state index contributed by atoms with van der Waals surface area (Å²) < 4.78 is 26.5. The third-order valence-corrected chi connectivity index (χ3v) is 4.00. The van der Waals surface area contributed by atoms with Gasteiger partial charge in [-0.05, 0) is 37.1 Å². The number of nitrogens with zero attached hydrogens (tertiary/aromatic N) is 3. The van der Waals surface area contributed by atoms with Crippen molar-refractivity contribution in [2.75, 3.05) is 7.05 Å². The Balaban J connectivity index is 1.85. The van der Waals surface area contributed by atoms with Crippen molar-refractivity contribution in [1.29, 1.82) is 0 Å². The van der Waals surface area contributed by atoms with Crippen LogP contribution in [0.25, 0.3) is 10.9 Å². The van der Waals surface area contributed by atoms with Gasteiger partial charge >= 0.3 is 6.55 Å². The topological polar surface area (TPSA) is 53.9 Å². The Morgan fingerprint density at radius 2 is 2.08 bits per heavy atom. The molecular formula is C17H18F2N4O. The number of alkyl halides is 2. The Morgan fingerprint density at radius 1 is 1.33 bits per heavy atom. The Kier molecular flexibility index (Phi) is 4.09. The molecule has 5 nitrogen and oxygen atoms in total. The summed E-state index contributed by atoms with van der Waals surface area (Å²) in [7, 11) is 1.57. The third-order valence-electron chi connectivity index (χ3n) is 4.00. The van der Waals surface area contributed by atoms with Gasteiger partial charge in [-0.2, -0.15) is 8.78 Å². The summed E-state index contributed by atoms with van der Waals surface area (Å²) in [6.07, 6.45) is 2.50. The lowest BCUT2D eigenvalue weighted by Crippen LogP contribution is -2.28. The van der Waals surface area contributed by atoms with Gasteiger partial charge in [0.15, 0.2) is 0 Å². The molecule has 0 radical (unpaired) electrons. The molecule has 0 aliphatic rings. The first kappa shape index (κ1) is 16.2. The van der Waals surface area contributed by atoms with Crippen LogP contribution in [0.5, 0.6) is 0 Å². The SMILES string of the molecule is Cc1cc(C)c2cc(C(=O)N(C)Cc3nccn3C(F)F)[nH]c2c1. The van der Waals surface area contributed by atoms with Gasteiger partial charge in [0.1, 0.15) is 11.5 Å². The van der Waals surface area contributed by atoms with Crippen molar-refractivity contribution >= 4 is 16.8 Å². The number of fused-ring (bicyclic) bond motifs is 1. The molecular weight excluding hydrogens is 314 g/mol. The lowest BCUT2D eigenvalue weighted by molar-refractivity contribution is 0.0611. The predicted molar refractivity (Wildman–Crippen MR) is 87.1 cm³/mol. The smallest absolute Gasteiger partial charge is 0.319 e. The number of rotatable bonds is 4. The summed E-state index contributed by atoms with van der Waals surface area (Å²) >= 11 is 0. The van der Waals surface area contributed by atoms with Gasteiger partial charge in [-0.3, -0.25) is 9.36 Å². The number of aryl methyl sites for hydroxylation is 2. The van der Waals surface area contributed by atoms with Crippen molar-refractivity contribution in [3.05, 3.63) is 53.2 Å². The Bertz CT molecular complexity index is 897. The van der Waals surface area contributed by atoms with E-state index in [0.29, 0.717) is 5.69 Å². The lowest BCUT2D eigenvalue weighted by Gasteiger charge is -2.16. The lowest BCUT2D eigenvalue weighted by atomic mass is 10.1. The number of carbonyl (C=O) groups is 1. The minimum atomic E-state index is -2.68. The fraction of sp³-hybridized carbons (Fsp3) is 0.294. The van der Waals surface area contributed by atoms with E-state index in [2.05, 4.69) is 9.97 Å². The van der Waals surface area contributed by atoms with Crippen LogP contribution in [0.4, 0.5) is 8.78 Å². The first-order valence-electron chi connectivity index (χ1n) is 7.52. The molecule has 2 aromatic heterocycles. The van der Waals surface area contributed by atoms with Gasteiger partial charge in [0.2, 0.25) is 0 Å². The van der Waals surface area contributed by atoms with E-state index in [4.69, 9.17) is 0 Å². The zero-order valence-corrected chi connectivity index (χ0v) is 13.7. The third kappa shape index (κ3) is 2.89. The van der Waals surface area contributed by atoms with Crippen molar-refractivity contribution in [2.45, 2.75) is 26.9 Å². The van der Waals surface area contributed by atoms with Gasteiger partial charge in [-0.15, -0.1) is 0 Å². The van der Waals surface area contributed by atoms with Crippen LogP contribution in [0.1, 0.15) is 34.0 Å². The molecule has 0 spiro atoms. The van der Waals surface area contributed by atoms with Crippen molar-refractivity contribution < 1.29 is 13.6 Å². The fourth-order valence-electron chi connectivity index (χ4n) is 2.85. The number of aromatic amines is 1. The quantitative estimate of drug-likeness (QED) is 0.793. The van der Waals surface area contributed by atoms with Crippen LogP contribution in [0.3, 0.4) is 0 Å². The average Bonchev–Trinajstić information content (AvgIpc) is 3.12. The number of imidazole rings is 1. The molecule has 0 fully saturated rings. The molecule has 0 bridgehead atoms. The molecule has 1 aromatic carbocycles. The molecule has 0 saturated heterocycles. The maximum absolute atomic E-state index is 12.9. The normalized spacial score (nSPS) is 11.4. The number of nitrogens with one attached hydrogen (secondary N) is 1. The molecule has 3 rings (SSSR count). The highest BCUT2D eigenvalue weighted by molar-refractivity contribution is 5.98. The monoisotopic (exact) mass is 332 g/mol. The second kappa shape index (κ2) is 6.07. The highest BCUT2D eigenvalue weighted by Gasteiger charge is 2.19. The standard InChI is InChI=1S/C17H18F2N4O/c1-10-6-11(2)12-8-14(21-13(12)7-10)16(24)22(3)9-15-20-4-5-23(15)17(18)19/h4-8,17,21H,9H2,1-3H3. The van der Waals surface area contributed by atoms with Gasteiger partial charge in [0.25, 0.3) is 5.91 Å². The summed E-state index contributed by atoms with van der Waals surface area (Å²) in [5, 5.41) is 0.978. The van der Waals surface area contributed by atoms with Crippen molar-refractivity contribution in [1.82, 2.24) is 19.4 Å². The van der Waals surface area contributed by atoms with Crippen LogP contribution < -0.4 is 0 Å². The zero-order valence-electron chi connectivity index (χ0n) is 13.7. The Morgan fingerprint density at radius 3 is 2.79 bits per heavy atom. The summed E-state index contributed by atoms with van der Waals surface area (Å²) in [4.78, 5) is 21.0. The average molecular weight is 332 g/mol. The van der Waals surface area contributed by atoms with Gasteiger partial charge in [0, 0.05) is 30.3 Å². The number of benzene rings is 1.